The molecular formula is C25H44O5Si. The van der Waals surface area contributed by atoms with Gasteiger partial charge in [-0.05, 0) is 49.0 Å². The van der Waals surface area contributed by atoms with E-state index in [0.29, 0.717) is 25.0 Å². The molecule has 0 amide bonds. The van der Waals surface area contributed by atoms with Crippen LogP contribution in [-0.2, 0) is 9.16 Å². The minimum Gasteiger partial charge on any atom is -0.462 e. The van der Waals surface area contributed by atoms with Crippen LogP contribution in [0, 0.1) is 17.8 Å². The first-order valence-electron chi connectivity index (χ1n) is 11.5. The third-order valence-electron chi connectivity index (χ3n) is 6.74. The van der Waals surface area contributed by atoms with Crippen LogP contribution in [0.1, 0.15) is 64.7 Å². The van der Waals surface area contributed by atoms with Crippen LogP contribution >= 0.6 is 0 Å². The molecule has 0 saturated heterocycles. The minimum absolute atomic E-state index is 0.0329. The molecular weight excluding hydrogens is 408 g/mol. The van der Waals surface area contributed by atoms with Crippen LogP contribution in [0.3, 0.4) is 0 Å². The first-order valence-corrected chi connectivity index (χ1v) is 14.4. The smallest absolute Gasteiger partial charge is 0.338 e. The zero-order chi connectivity index (χ0) is 23.8. The van der Waals surface area contributed by atoms with Crippen molar-refractivity contribution in [3.8, 4) is 0 Å². The average Bonchev–Trinajstić information content (AvgIpc) is 2.72. The van der Waals surface area contributed by atoms with Gasteiger partial charge in [-0.3, -0.25) is 0 Å². The maximum absolute atomic E-state index is 12.1. The van der Waals surface area contributed by atoms with Crippen LogP contribution in [0.25, 0.3) is 0 Å². The van der Waals surface area contributed by atoms with Gasteiger partial charge in [-0.25, -0.2) is 4.79 Å². The molecule has 0 aliphatic carbocycles. The van der Waals surface area contributed by atoms with Gasteiger partial charge in [-0.1, -0.05) is 59.7 Å². The van der Waals surface area contributed by atoms with Gasteiger partial charge in [-0.15, -0.1) is 0 Å². The van der Waals surface area contributed by atoms with Gasteiger partial charge in [0.05, 0.1) is 24.4 Å². The summed E-state index contributed by atoms with van der Waals surface area (Å²) in [4.78, 5) is 12.1. The van der Waals surface area contributed by atoms with Crippen LogP contribution in [0.4, 0.5) is 0 Å². The Hall–Kier alpha value is -1.21. The van der Waals surface area contributed by atoms with Crippen molar-refractivity contribution in [2.45, 2.75) is 84.7 Å². The average molecular weight is 453 g/mol. The molecule has 0 fully saturated rings. The van der Waals surface area contributed by atoms with Gasteiger partial charge in [0.2, 0.25) is 0 Å². The van der Waals surface area contributed by atoms with Gasteiger partial charge in [0, 0.05) is 18.4 Å². The van der Waals surface area contributed by atoms with Crippen molar-refractivity contribution in [1.82, 2.24) is 0 Å². The Balaban J connectivity index is 2.40. The van der Waals surface area contributed by atoms with Gasteiger partial charge in [-0.2, -0.15) is 0 Å². The molecule has 0 aliphatic heterocycles. The predicted molar refractivity (Wildman–Crippen MR) is 129 cm³/mol. The van der Waals surface area contributed by atoms with Crippen molar-refractivity contribution in [3.63, 3.8) is 0 Å². The molecule has 0 spiro atoms. The molecule has 0 saturated carbocycles. The fourth-order valence-corrected chi connectivity index (χ4v) is 4.19. The molecule has 0 aromatic heterocycles. The van der Waals surface area contributed by atoms with Crippen LogP contribution in [0.2, 0.25) is 18.1 Å². The third-order valence-corrected chi connectivity index (χ3v) is 11.2. The summed E-state index contributed by atoms with van der Waals surface area (Å²) in [6, 6.07) is 8.85. The normalized spacial score (nSPS) is 17.5. The molecule has 0 radical (unpaired) electrons. The van der Waals surface area contributed by atoms with Crippen molar-refractivity contribution in [1.29, 1.82) is 0 Å². The van der Waals surface area contributed by atoms with E-state index in [-0.39, 0.29) is 35.4 Å². The van der Waals surface area contributed by atoms with E-state index in [1.807, 2.05) is 26.8 Å². The summed E-state index contributed by atoms with van der Waals surface area (Å²) in [6.07, 6.45) is 0.183. The number of aliphatic hydroxyl groups excluding tert-OH is 2. The lowest BCUT2D eigenvalue weighted by Gasteiger charge is -2.38. The van der Waals surface area contributed by atoms with E-state index < -0.39 is 20.5 Å². The van der Waals surface area contributed by atoms with Crippen molar-refractivity contribution in [3.05, 3.63) is 35.9 Å². The highest BCUT2D eigenvalue weighted by Crippen LogP contribution is 2.37. The van der Waals surface area contributed by atoms with Crippen LogP contribution in [0.5, 0.6) is 0 Å². The van der Waals surface area contributed by atoms with E-state index >= 15 is 0 Å². The quantitative estimate of drug-likeness (QED) is 0.333. The summed E-state index contributed by atoms with van der Waals surface area (Å²) < 4.78 is 11.6. The maximum atomic E-state index is 12.1. The summed E-state index contributed by atoms with van der Waals surface area (Å²) in [5.41, 5.74) is 0.509. The Morgan fingerprint density at radius 2 is 1.52 bits per heavy atom. The number of hydrogen-bond donors (Lipinski definition) is 2. The second-order valence-corrected chi connectivity index (χ2v) is 15.4. The molecule has 1 aromatic carbocycles. The highest BCUT2D eigenvalue weighted by molar-refractivity contribution is 6.74. The molecule has 0 aliphatic rings. The fourth-order valence-electron chi connectivity index (χ4n) is 3.08. The van der Waals surface area contributed by atoms with Crippen molar-refractivity contribution >= 4 is 14.3 Å². The highest BCUT2D eigenvalue weighted by Gasteiger charge is 2.38. The monoisotopic (exact) mass is 452 g/mol. The number of ether oxygens (including phenoxy) is 1. The van der Waals surface area contributed by atoms with Crippen LogP contribution in [-0.4, -0.2) is 49.9 Å². The largest absolute Gasteiger partial charge is 0.462 e. The second kappa shape index (κ2) is 12.1. The molecule has 178 valence electrons. The minimum atomic E-state index is -1.84. The number of rotatable bonds is 12. The first-order chi connectivity index (χ1) is 14.3. The molecule has 5 nitrogen and oxygen atoms in total. The SMILES string of the molecule is C[C@H](COC(=O)c1ccccc1)[C@@H](O)CC[C@H](C)[C@H](O)[C@@H](C)CO[Si](C)(C)C(C)(C)C. The summed E-state index contributed by atoms with van der Waals surface area (Å²) in [7, 11) is -1.84. The topological polar surface area (TPSA) is 76.0 Å². The summed E-state index contributed by atoms with van der Waals surface area (Å²) in [5.74, 6) is -0.465. The lowest BCUT2D eigenvalue weighted by Crippen LogP contribution is -2.43. The van der Waals surface area contributed by atoms with Crippen LogP contribution < -0.4 is 0 Å². The predicted octanol–water partition coefficient (Wildman–Crippen LogP) is 5.28. The van der Waals surface area contributed by atoms with Gasteiger partial charge in [0.15, 0.2) is 8.32 Å². The fraction of sp³-hybridized carbons (Fsp3) is 0.720. The number of benzene rings is 1. The standard InChI is InChI=1S/C25H44O5Si/c1-18(23(27)20(3)17-30-31(7,8)25(4,5)6)14-15-22(26)19(2)16-29-24(28)21-12-10-9-11-13-21/h9-13,18-20,22-23,26-27H,14-17H2,1-8H3/t18-,19+,20-,22-,23-/m0/s1. The zero-order valence-corrected chi connectivity index (χ0v) is 21.7. The van der Waals surface area contributed by atoms with Crippen LogP contribution in [0.15, 0.2) is 30.3 Å². The lowest BCUT2D eigenvalue weighted by molar-refractivity contribution is 0.0125. The molecule has 2 N–H and O–H groups in total. The summed E-state index contributed by atoms with van der Waals surface area (Å²) in [6.45, 7) is 17.7. The Morgan fingerprint density at radius 3 is 2.06 bits per heavy atom. The lowest BCUT2D eigenvalue weighted by atomic mass is 9.88. The van der Waals surface area contributed by atoms with Gasteiger partial charge >= 0.3 is 5.97 Å². The Kier molecular flexibility index (Phi) is 10.9. The Morgan fingerprint density at radius 1 is 0.935 bits per heavy atom. The number of hydrogen-bond acceptors (Lipinski definition) is 5. The van der Waals surface area contributed by atoms with Crippen molar-refractivity contribution < 1.29 is 24.2 Å². The van der Waals surface area contributed by atoms with Gasteiger partial charge in [0.25, 0.3) is 0 Å². The molecule has 0 unspecified atom stereocenters. The number of carbonyl (C=O) groups is 1. The molecule has 0 bridgehead atoms. The molecule has 0 heterocycles. The zero-order valence-electron chi connectivity index (χ0n) is 20.7. The Labute approximate surface area is 190 Å². The molecule has 1 aromatic rings. The van der Waals surface area contributed by atoms with E-state index in [4.69, 9.17) is 9.16 Å². The van der Waals surface area contributed by atoms with E-state index in [1.165, 1.54) is 0 Å². The Bertz CT molecular complexity index is 656. The molecule has 6 heteroatoms. The number of carbonyl (C=O) groups excluding carboxylic acids is 1. The van der Waals surface area contributed by atoms with Crippen molar-refractivity contribution in [2.75, 3.05) is 13.2 Å². The second-order valence-electron chi connectivity index (χ2n) is 10.6. The highest BCUT2D eigenvalue weighted by atomic mass is 28.4. The van der Waals surface area contributed by atoms with E-state index in [2.05, 4.69) is 33.9 Å². The summed E-state index contributed by atoms with van der Waals surface area (Å²) in [5, 5.41) is 21.3. The first kappa shape index (κ1) is 27.8. The molecule has 31 heavy (non-hydrogen) atoms. The number of aliphatic hydroxyl groups is 2. The van der Waals surface area contributed by atoms with Crippen molar-refractivity contribution in [2.24, 2.45) is 17.8 Å². The van der Waals surface area contributed by atoms with E-state index in [0.717, 1.165) is 0 Å². The maximum Gasteiger partial charge on any atom is 0.338 e. The number of esters is 1. The van der Waals surface area contributed by atoms with E-state index in [9.17, 15) is 15.0 Å². The molecule has 1 rings (SSSR count). The van der Waals surface area contributed by atoms with Gasteiger partial charge < -0.3 is 19.4 Å². The molecule has 5 atom stereocenters. The summed E-state index contributed by atoms with van der Waals surface area (Å²) >= 11 is 0. The van der Waals surface area contributed by atoms with E-state index in [1.54, 1.807) is 24.3 Å². The van der Waals surface area contributed by atoms with Gasteiger partial charge in [0.1, 0.15) is 0 Å². The third kappa shape index (κ3) is 9.05.